The summed E-state index contributed by atoms with van der Waals surface area (Å²) in [5.74, 6) is 0.110. The molecule has 0 spiro atoms. The summed E-state index contributed by atoms with van der Waals surface area (Å²) in [6.45, 7) is 4.20. The van der Waals surface area contributed by atoms with Gasteiger partial charge in [0.1, 0.15) is 5.69 Å². The molecule has 6 heteroatoms. The first-order chi connectivity index (χ1) is 10.1. The Balaban J connectivity index is 1.74. The number of carbonyl (C=O) groups excluding carboxylic acids is 2. The van der Waals surface area contributed by atoms with Crippen molar-refractivity contribution in [1.82, 2.24) is 14.4 Å². The average Bonchev–Trinajstić information content (AvgIpc) is 3.24. The standard InChI is InChI=1S/C15H22N4O2/c1-11(20)17-5-2-6-18(8-7-17)15(21)14-9-12(16)10-19(14)13-3-4-13/h9-10,13H,2-8,16H2,1H3. The summed E-state index contributed by atoms with van der Waals surface area (Å²) in [5, 5.41) is 0. The zero-order valence-electron chi connectivity index (χ0n) is 12.4. The first-order valence-electron chi connectivity index (χ1n) is 7.58. The summed E-state index contributed by atoms with van der Waals surface area (Å²) in [7, 11) is 0. The van der Waals surface area contributed by atoms with E-state index in [1.807, 2.05) is 20.6 Å². The van der Waals surface area contributed by atoms with E-state index in [1.54, 1.807) is 13.0 Å². The number of hydrogen-bond donors (Lipinski definition) is 1. The number of hydrogen-bond acceptors (Lipinski definition) is 3. The van der Waals surface area contributed by atoms with E-state index in [-0.39, 0.29) is 11.8 Å². The van der Waals surface area contributed by atoms with Crippen LogP contribution in [-0.4, -0.2) is 52.4 Å². The fourth-order valence-electron chi connectivity index (χ4n) is 2.92. The zero-order valence-corrected chi connectivity index (χ0v) is 12.4. The first-order valence-corrected chi connectivity index (χ1v) is 7.58. The molecule has 0 unspecified atom stereocenters. The Labute approximate surface area is 124 Å². The second kappa shape index (κ2) is 5.42. The molecule has 1 saturated heterocycles. The Morgan fingerprint density at radius 3 is 2.48 bits per heavy atom. The highest BCUT2D eigenvalue weighted by atomic mass is 16.2. The SMILES string of the molecule is CC(=O)N1CCCN(C(=O)c2cc(N)cn2C2CC2)CC1. The smallest absolute Gasteiger partial charge is 0.270 e. The normalized spacial score (nSPS) is 19.5. The van der Waals surface area contributed by atoms with E-state index in [0.717, 1.165) is 25.8 Å². The van der Waals surface area contributed by atoms with Gasteiger partial charge in [0.25, 0.3) is 5.91 Å². The molecule has 1 aliphatic heterocycles. The molecule has 1 aliphatic carbocycles. The maximum atomic E-state index is 12.7. The topological polar surface area (TPSA) is 71.6 Å². The number of nitrogen functional groups attached to an aromatic ring is 1. The van der Waals surface area contributed by atoms with Crippen molar-refractivity contribution in [3.05, 3.63) is 18.0 Å². The van der Waals surface area contributed by atoms with Crippen LogP contribution in [0, 0.1) is 0 Å². The predicted octanol–water partition coefficient (Wildman–Crippen LogP) is 1.10. The molecule has 114 valence electrons. The molecular formula is C15H22N4O2. The van der Waals surface area contributed by atoms with Gasteiger partial charge in [-0.3, -0.25) is 9.59 Å². The minimum atomic E-state index is 0.0315. The van der Waals surface area contributed by atoms with E-state index in [1.165, 1.54) is 0 Å². The molecule has 0 bridgehead atoms. The van der Waals surface area contributed by atoms with Crippen molar-refractivity contribution in [2.45, 2.75) is 32.2 Å². The Kier molecular flexibility index (Phi) is 3.61. The van der Waals surface area contributed by atoms with Crippen molar-refractivity contribution in [2.75, 3.05) is 31.9 Å². The third-order valence-electron chi connectivity index (χ3n) is 4.26. The van der Waals surface area contributed by atoms with Gasteiger partial charge in [0, 0.05) is 45.3 Å². The lowest BCUT2D eigenvalue weighted by molar-refractivity contribution is -0.128. The van der Waals surface area contributed by atoms with Gasteiger partial charge in [-0.05, 0) is 25.3 Å². The maximum absolute atomic E-state index is 12.7. The molecule has 0 radical (unpaired) electrons. The molecule has 2 N–H and O–H groups in total. The monoisotopic (exact) mass is 290 g/mol. The summed E-state index contributed by atoms with van der Waals surface area (Å²) in [6.07, 6.45) is 4.93. The molecule has 1 saturated carbocycles. The molecule has 6 nitrogen and oxygen atoms in total. The van der Waals surface area contributed by atoms with Gasteiger partial charge >= 0.3 is 0 Å². The molecule has 2 fully saturated rings. The van der Waals surface area contributed by atoms with E-state index < -0.39 is 0 Å². The van der Waals surface area contributed by atoms with E-state index in [2.05, 4.69) is 0 Å². The highest BCUT2D eigenvalue weighted by Gasteiger charge is 2.30. The Hall–Kier alpha value is -1.98. The van der Waals surface area contributed by atoms with Crippen LogP contribution in [0.5, 0.6) is 0 Å². The van der Waals surface area contributed by atoms with Gasteiger partial charge in [0.2, 0.25) is 5.91 Å². The molecule has 21 heavy (non-hydrogen) atoms. The lowest BCUT2D eigenvalue weighted by atomic mass is 10.3. The van der Waals surface area contributed by atoms with Crippen LogP contribution >= 0.6 is 0 Å². The number of nitrogens with two attached hydrogens (primary N) is 1. The van der Waals surface area contributed by atoms with Crippen molar-refractivity contribution >= 4 is 17.5 Å². The summed E-state index contributed by atoms with van der Waals surface area (Å²) < 4.78 is 2.02. The van der Waals surface area contributed by atoms with E-state index >= 15 is 0 Å². The highest BCUT2D eigenvalue weighted by molar-refractivity contribution is 5.94. The van der Waals surface area contributed by atoms with E-state index in [9.17, 15) is 9.59 Å². The molecule has 1 aromatic heterocycles. The molecule has 2 heterocycles. The van der Waals surface area contributed by atoms with Gasteiger partial charge in [-0.1, -0.05) is 0 Å². The van der Waals surface area contributed by atoms with Crippen molar-refractivity contribution in [1.29, 1.82) is 0 Å². The van der Waals surface area contributed by atoms with Crippen LogP contribution in [-0.2, 0) is 4.79 Å². The summed E-state index contributed by atoms with van der Waals surface area (Å²) in [5.41, 5.74) is 7.19. The van der Waals surface area contributed by atoms with Crippen molar-refractivity contribution in [2.24, 2.45) is 0 Å². The van der Waals surface area contributed by atoms with Crippen LogP contribution in [0.4, 0.5) is 5.69 Å². The number of carbonyl (C=O) groups is 2. The fourth-order valence-corrected chi connectivity index (χ4v) is 2.92. The average molecular weight is 290 g/mol. The molecule has 3 rings (SSSR count). The first kappa shape index (κ1) is 14.0. The molecular weight excluding hydrogens is 268 g/mol. The Morgan fingerprint density at radius 2 is 1.81 bits per heavy atom. The van der Waals surface area contributed by atoms with Gasteiger partial charge in [0.05, 0.1) is 5.69 Å². The summed E-state index contributed by atoms with van der Waals surface area (Å²) in [4.78, 5) is 27.8. The summed E-state index contributed by atoms with van der Waals surface area (Å²) >= 11 is 0. The van der Waals surface area contributed by atoms with Crippen LogP contribution in [0.3, 0.4) is 0 Å². The second-order valence-electron chi connectivity index (χ2n) is 5.95. The maximum Gasteiger partial charge on any atom is 0.270 e. The van der Waals surface area contributed by atoms with Crippen molar-refractivity contribution in [3.63, 3.8) is 0 Å². The minimum Gasteiger partial charge on any atom is -0.397 e. The van der Waals surface area contributed by atoms with Gasteiger partial charge < -0.3 is 20.1 Å². The highest BCUT2D eigenvalue weighted by Crippen LogP contribution is 2.37. The van der Waals surface area contributed by atoms with Gasteiger partial charge in [-0.2, -0.15) is 0 Å². The lowest BCUT2D eigenvalue weighted by Gasteiger charge is -2.22. The third kappa shape index (κ3) is 2.89. The number of rotatable bonds is 2. The largest absolute Gasteiger partial charge is 0.397 e. The number of anilines is 1. The van der Waals surface area contributed by atoms with Crippen molar-refractivity contribution in [3.8, 4) is 0 Å². The van der Waals surface area contributed by atoms with Crippen LogP contribution in [0.25, 0.3) is 0 Å². The van der Waals surface area contributed by atoms with Crippen molar-refractivity contribution < 1.29 is 9.59 Å². The minimum absolute atomic E-state index is 0.0315. The van der Waals surface area contributed by atoms with Crippen LogP contribution in [0.1, 0.15) is 42.7 Å². The number of aromatic nitrogens is 1. The molecule has 1 aromatic rings. The summed E-state index contributed by atoms with van der Waals surface area (Å²) in [6, 6.07) is 2.20. The van der Waals surface area contributed by atoms with Gasteiger partial charge in [0.15, 0.2) is 0 Å². The third-order valence-corrected chi connectivity index (χ3v) is 4.26. The Bertz CT molecular complexity index is 562. The quantitative estimate of drug-likeness (QED) is 0.886. The van der Waals surface area contributed by atoms with E-state index in [4.69, 9.17) is 5.73 Å². The number of nitrogens with zero attached hydrogens (tertiary/aromatic N) is 3. The van der Waals surface area contributed by atoms with Crippen LogP contribution in [0.2, 0.25) is 0 Å². The molecule has 0 atom stereocenters. The molecule has 0 aromatic carbocycles. The van der Waals surface area contributed by atoms with Crippen LogP contribution in [0.15, 0.2) is 12.3 Å². The fraction of sp³-hybridized carbons (Fsp3) is 0.600. The van der Waals surface area contributed by atoms with Crippen LogP contribution < -0.4 is 5.73 Å². The van der Waals surface area contributed by atoms with Gasteiger partial charge in [-0.15, -0.1) is 0 Å². The second-order valence-corrected chi connectivity index (χ2v) is 5.95. The number of amides is 2. The predicted molar refractivity (Wildman–Crippen MR) is 79.9 cm³/mol. The lowest BCUT2D eigenvalue weighted by Crippen LogP contribution is -2.37. The molecule has 2 amide bonds. The van der Waals surface area contributed by atoms with E-state index in [0.29, 0.717) is 37.1 Å². The molecule has 2 aliphatic rings. The zero-order chi connectivity index (χ0) is 15.0. The Morgan fingerprint density at radius 1 is 1.14 bits per heavy atom. The van der Waals surface area contributed by atoms with Gasteiger partial charge in [-0.25, -0.2) is 0 Å².